The maximum absolute atomic E-state index is 12.8. The molecule has 3 heterocycles. The first kappa shape index (κ1) is 17.4. The summed E-state index contributed by atoms with van der Waals surface area (Å²) in [6, 6.07) is 4.77. The normalized spacial score (nSPS) is 38.9. The van der Waals surface area contributed by atoms with Gasteiger partial charge >= 0.3 is 0 Å². The van der Waals surface area contributed by atoms with Crippen molar-refractivity contribution in [2.24, 2.45) is 5.41 Å². The van der Waals surface area contributed by atoms with Crippen molar-refractivity contribution in [3.05, 3.63) is 17.7 Å². The Morgan fingerprint density at radius 2 is 2.15 bits per heavy atom. The van der Waals surface area contributed by atoms with Crippen LogP contribution >= 0.6 is 0 Å². The first-order valence-electron chi connectivity index (χ1n) is 10.5. The molecular weight excluding hydrogens is 340 g/mol. The number of anilines is 1. The third-order valence-electron chi connectivity index (χ3n) is 8.51. The smallest absolute Gasteiger partial charge is 0.224 e. The highest BCUT2D eigenvalue weighted by molar-refractivity contribution is 5.98. The highest BCUT2D eigenvalue weighted by atomic mass is 16.5. The highest BCUT2D eigenvalue weighted by Crippen LogP contribution is 2.63. The van der Waals surface area contributed by atoms with Gasteiger partial charge in [-0.05, 0) is 43.7 Å². The van der Waals surface area contributed by atoms with Crippen LogP contribution < -0.4 is 14.5 Å². The maximum Gasteiger partial charge on any atom is 0.224 e. The van der Waals surface area contributed by atoms with E-state index >= 15 is 0 Å². The fraction of sp³-hybridized carbons (Fsp3) is 0.682. The zero-order valence-electron chi connectivity index (χ0n) is 16.7. The van der Waals surface area contributed by atoms with Crippen LogP contribution in [-0.2, 0) is 10.2 Å². The number of phenols is 1. The van der Waals surface area contributed by atoms with E-state index in [1.165, 1.54) is 44.3 Å². The Kier molecular flexibility index (Phi) is 3.62. The lowest BCUT2D eigenvalue weighted by atomic mass is 9.52. The number of nitrogens with zero attached hydrogens (tertiary/aromatic N) is 1. The molecule has 1 amide bonds. The van der Waals surface area contributed by atoms with Gasteiger partial charge in [0, 0.05) is 18.8 Å². The van der Waals surface area contributed by atoms with E-state index in [1.54, 1.807) is 18.9 Å². The number of aromatic hydroxyl groups is 1. The summed E-state index contributed by atoms with van der Waals surface area (Å²) in [5, 5.41) is 11.0. The Morgan fingerprint density at radius 3 is 2.85 bits per heavy atom. The summed E-state index contributed by atoms with van der Waals surface area (Å²) in [4.78, 5) is 16.4. The summed E-state index contributed by atoms with van der Waals surface area (Å²) >= 11 is 0. The largest absolute Gasteiger partial charge is 0.503 e. The number of benzene rings is 1. The average molecular weight is 372 g/mol. The first-order chi connectivity index (χ1) is 13.0. The van der Waals surface area contributed by atoms with Gasteiger partial charge in [-0.15, -0.1) is 0 Å². The molecule has 27 heavy (non-hydrogen) atoms. The minimum atomic E-state index is -0.0191. The van der Waals surface area contributed by atoms with Crippen molar-refractivity contribution < 1.29 is 19.5 Å². The monoisotopic (exact) mass is 371 g/mol. The van der Waals surface area contributed by atoms with Gasteiger partial charge in [0.05, 0.1) is 37.3 Å². The van der Waals surface area contributed by atoms with Crippen LogP contribution in [-0.4, -0.2) is 43.3 Å². The summed E-state index contributed by atoms with van der Waals surface area (Å²) in [6.07, 6.45) is 7.18. The molecule has 3 fully saturated rings. The molecule has 0 aromatic heterocycles. The Bertz CT molecular complexity index is 809. The summed E-state index contributed by atoms with van der Waals surface area (Å²) in [5.41, 5.74) is 2.28. The first-order valence-corrected chi connectivity index (χ1v) is 10.5. The van der Waals surface area contributed by atoms with E-state index in [1.807, 2.05) is 11.0 Å². The van der Waals surface area contributed by atoms with Gasteiger partial charge in [-0.1, -0.05) is 13.0 Å². The number of ether oxygens (including phenoxy) is 1. The lowest BCUT2D eigenvalue weighted by Crippen LogP contribution is -3.17. The molecule has 3 aliphatic heterocycles. The van der Waals surface area contributed by atoms with Crippen LogP contribution in [0.4, 0.5) is 5.69 Å². The lowest BCUT2D eigenvalue weighted by molar-refractivity contribution is -0.930. The molecule has 146 valence electrons. The number of carbonyl (C=O) groups excluding carboxylic acids is 1. The SMILES string of the molecule is CC[C@]12CCC[NH+]3CC[C@@]4(c5ccc(OC)c(O)c5N(C(C)=O)[C@@H]4CC1)[C@@H]32. The number of methoxy groups -OCH3 is 1. The van der Waals surface area contributed by atoms with Crippen molar-refractivity contribution in [3.8, 4) is 11.5 Å². The molecule has 2 saturated heterocycles. The summed E-state index contributed by atoms with van der Waals surface area (Å²) in [5.74, 6) is 0.637. The molecule has 1 aliphatic carbocycles. The number of hydrogen-bond donors (Lipinski definition) is 2. The molecule has 1 saturated carbocycles. The number of hydrogen-bond acceptors (Lipinski definition) is 3. The summed E-state index contributed by atoms with van der Waals surface area (Å²) in [7, 11) is 1.57. The van der Waals surface area contributed by atoms with Crippen LogP contribution in [0.15, 0.2) is 12.1 Å². The number of carbonyl (C=O) groups is 1. The molecule has 5 heteroatoms. The van der Waals surface area contributed by atoms with Crippen LogP contribution in [0.3, 0.4) is 0 Å². The fourth-order valence-electron chi connectivity index (χ4n) is 7.66. The molecule has 0 radical (unpaired) electrons. The number of rotatable bonds is 2. The van der Waals surface area contributed by atoms with Crippen LogP contribution in [0.1, 0.15) is 57.9 Å². The molecular formula is C22H31N2O3+. The van der Waals surface area contributed by atoms with Gasteiger partial charge in [-0.2, -0.15) is 0 Å². The van der Waals surface area contributed by atoms with Gasteiger partial charge in [0.2, 0.25) is 5.91 Å². The summed E-state index contributed by atoms with van der Waals surface area (Å²) < 4.78 is 5.38. The Balaban J connectivity index is 1.77. The number of piperidine rings is 1. The molecule has 1 spiro atoms. The van der Waals surface area contributed by atoms with Gasteiger partial charge in [0.15, 0.2) is 11.5 Å². The standard InChI is InChI=1S/C22H30N2O3/c1-4-21-9-5-12-23-13-11-22(20(21)23)15-6-7-16(27-3)19(26)18(15)24(14(2)25)17(22)8-10-21/h6-7,17,20,26H,4-5,8-13H2,1-3H3/p+1/t17-,20+,21+,22+/m1/s1. The van der Waals surface area contributed by atoms with Crippen molar-refractivity contribution in [1.82, 2.24) is 0 Å². The van der Waals surface area contributed by atoms with E-state index in [0.717, 1.165) is 18.5 Å². The topological polar surface area (TPSA) is 54.2 Å². The minimum absolute atomic E-state index is 0.0191. The van der Waals surface area contributed by atoms with Crippen molar-refractivity contribution in [1.29, 1.82) is 0 Å². The van der Waals surface area contributed by atoms with Crippen molar-refractivity contribution in [2.75, 3.05) is 25.1 Å². The second kappa shape index (κ2) is 5.63. The molecule has 5 rings (SSSR count). The van der Waals surface area contributed by atoms with E-state index in [-0.39, 0.29) is 23.1 Å². The third-order valence-corrected chi connectivity index (χ3v) is 8.51. The van der Waals surface area contributed by atoms with Gasteiger partial charge in [0.1, 0.15) is 6.04 Å². The predicted molar refractivity (Wildman–Crippen MR) is 104 cm³/mol. The van der Waals surface area contributed by atoms with Crippen molar-refractivity contribution >= 4 is 11.6 Å². The van der Waals surface area contributed by atoms with Crippen molar-refractivity contribution in [3.63, 3.8) is 0 Å². The van der Waals surface area contributed by atoms with E-state index in [9.17, 15) is 9.90 Å². The Labute approximate surface area is 161 Å². The van der Waals surface area contributed by atoms with Crippen LogP contribution in [0.5, 0.6) is 11.5 Å². The zero-order chi connectivity index (χ0) is 19.0. The number of phenolic OH excluding ortho intramolecular Hbond substituents is 1. The molecule has 5 nitrogen and oxygen atoms in total. The molecule has 5 atom stereocenters. The molecule has 1 unspecified atom stereocenters. The van der Waals surface area contributed by atoms with E-state index in [2.05, 4.69) is 13.0 Å². The Morgan fingerprint density at radius 1 is 1.33 bits per heavy atom. The average Bonchev–Trinajstić information content (AvgIpc) is 3.20. The number of amides is 1. The van der Waals surface area contributed by atoms with Gasteiger partial charge in [-0.25, -0.2) is 0 Å². The quantitative estimate of drug-likeness (QED) is 0.836. The van der Waals surface area contributed by atoms with Crippen LogP contribution in [0.25, 0.3) is 0 Å². The molecule has 4 aliphatic rings. The van der Waals surface area contributed by atoms with Crippen LogP contribution in [0, 0.1) is 5.41 Å². The Hall–Kier alpha value is -1.75. The van der Waals surface area contributed by atoms with E-state index < -0.39 is 0 Å². The van der Waals surface area contributed by atoms with Gasteiger partial charge in [-0.3, -0.25) is 4.79 Å². The molecule has 2 N–H and O–H groups in total. The maximum atomic E-state index is 12.8. The molecule has 1 aromatic rings. The van der Waals surface area contributed by atoms with Gasteiger partial charge in [0.25, 0.3) is 0 Å². The molecule has 0 bridgehead atoms. The summed E-state index contributed by atoms with van der Waals surface area (Å²) in [6.45, 7) is 6.43. The predicted octanol–water partition coefficient (Wildman–Crippen LogP) is 2.01. The lowest BCUT2D eigenvalue weighted by Gasteiger charge is -2.55. The number of quaternary nitrogens is 1. The number of nitrogens with one attached hydrogen (secondary N) is 1. The fourth-order valence-corrected chi connectivity index (χ4v) is 7.66. The van der Waals surface area contributed by atoms with E-state index in [4.69, 9.17) is 4.74 Å². The van der Waals surface area contributed by atoms with Crippen molar-refractivity contribution in [2.45, 2.75) is 69.9 Å². The second-order valence-electron chi connectivity index (χ2n) is 9.16. The van der Waals surface area contributed by atoms with Gasteiger partial charge < -0.3 is 19.6 Å². The third kappa shape index (κ3) is 1.91. The minimum Gasteiger partial charge on any atom is -0.503 e. The zero-order valence-corrected chi connectivity index (χ0v) is 16.7. The highest BCUT2D eigenvalue weighted by Gasteiger charge is 2.71. The second-order valence-corrected chi connectivity index (χ2v) is 9.16. The molecule has 1 aromatic carbocycles. The van der Waals surface area contributed by atoms with Crippen LogP contribution in [0.2, 0.25) is 0 Å². The number of fused-ring (bicyclic) bond motifs is 1. The van der Waals surface area contributed by atoms with E-state index in [0.29, 0.717) is 17.2 Å².